The molecule has 0 spiro atoms. The molecule has 0 radical (unpaired) electrons. The molecule has 1 aliphatic rings. The zero-order chi connectivity index (χ0) is 11.1. The molecule has 0 bridgehead atoms. The Hall–Kier alpha value is -0.940. The van der Waals surface area contributed by atoms with Crippen LogP contribution in [0.3, 0.4) is 0 Å². The maximum absolute atomic E-state index is 13.0. The van der Waals surface area contributed by atoms with E-state index >= 15 is 0 Å². The summed E-state index contributed by atoms with van der Waals surface area (Å²) < 4.78 is 36.4. The highest BCUT2D eigenvalue weighted by Gasteiger charge is 2.29. The summed E-state index contributed by atoms with van der Waals surface area (Å²) in [7, 11) is -1.46. The highest BCUT2D eigenvalue weighted by molar-refractivity contribution is 7.91. The Bertz CT molecular complexity index is 484. The van der Waals surface area contributed by atoms with E-state index in [0.717, 1.165) is 0 Å². The lowest BCUT2D eigenvalue weighted by atomic mass is 10.0. The number of rotatable bonds is 1. The first-order valence-corrected chi connectivity index (χ1v) is 6.39. The van der Waals surface area contributed by atoms with Gasteiger partial charge < -0.3 is 5.32 Å². The van der Waals surface area contributed by atoms with Crippen molar-refractivity contribution < 1.29 is 12.8 Å². The fourth-order valence-corrected chi connectivity index (χ4v) is 3.51. The van der Waals surface area contributed by atoms with Crippen LogP contribution in [0.2, 0.25) is 0 Å². The largest absolute Gasteiger partial charge is 0.313 e. The first-order valence-electron chi connectivity index (χ1n) is 4.74. The number of benzene rings is 1. The van der Waals surface area contributed by atoms with Gasteiger partial charge >= 0.3 is 0 Å². The Kier molecular flexibility index (Phi) is 2.52. The topological polar surface area (TPSA) is 46.2 Å². The summed E-state index contributed by atoms with van der Waals surface area (Å²) in [6.07, 6.45) is 0.495. The molecule has 0 aliphatic carbocycles. The van der Waals surface area contributed by atoms with Crippen LogP contribution < -0.4 is 5.32 Å². The van der Waals surface area contributed by atoms with Crippen LogP contribution in [-0.4, -0.2) is 21.2 Å². The molecule has 5 heteroatoms. The van der Waals surface area contributed by atoms with E-state index in [1.165, 1.54) is 18.2 Å². The Morgan fingerprint density at radius 1 is 1.47 bits per heavy atom. The van der Waals surface area contributed by atoms with E-state index in [-0.39, 0.29) is 16.7 Å². The van der Waals surface area contributed by atoms with E-state index in [9.17, 15) is 12.8 Å². The number of hydrogen-bond acceptors (Lipinski definition) is 3. The van der Waals surface area contributed by atoms with Crippen molar-refractivity contribution in [2.45, 2.75) is 17.4 Å². The second kappa shape index (κ2) is 3.57. The Balaban J connectivity index is 2.64. The fraction of sp³-hybridized carbons (Fsp3) is 0.400. The minimum absolute atomic E-state index is 0.0702. The fourth-order valence-electron chi connectivity index (χ4n) is 1.91. The van der Waals surface area contributed by atoms with E-state index in [2.05, 4.69) is 5.32 Å². The molecule has 1 unspecified atom stereocenters. The highest BCUT2D eigenvalue weighted by atomic mass is 32.2. The molecule has 1 aromatic rings. The predicted octanol–water partition coefficient (Wildman–Crippen LogP) is 1.26. The normalized spacial score (nSPS) is 23.5. The van der Waals surface area contributed by atoms with E-state index < -0.39 is 15.7 Å². The van der Waals surface area contributed by atoms with E-state index in [0.29, 0.717) is 12.0 Å². The second-order valence-electron chi connectivity index (χ2n) is 3.63. The molecule has 0 saturated heterocycles. The molecule has 1 atom stereocenters. The Labute approximate surface area is 88.2 Å². The lowest BCUT2D eigenvalue weighted by Crippen LogP contribution is -2.27. The van der Waals surface area contributed by atoms with Gasteiger partial charge in [-0.05, 0) is 37.2 Å². The van der Waals surface area contributed by atoms with Gasteiger partial charge in [-0.15, -0.1) is 0 Å². The quantitative estimate of drug-likeness (QED) is 0.737. The molecule has 2 rings (SSSR count). The minimum Gasteiger partial charge on any atom is -0.313 e. The summed E-state index contributed by atoms with van der Waals surface area (Å²) in [6.45, 7) is 0. The van der Waals surface area contributed by atoms with Crippen molar-refractivity contribution in [3.63, 3.8) is 0 Å². The standard InChI is InChI=1S/C10H12FNO2S/c1-12-9-4-5-15(13,14)10-3-2-7(11)6-8(9)10/h2-3,6,9,12H,4-5H2,1H3. The number of sulfone groups is 1. The van der Waals surface area contributed by atoms with Crippen molar-refractivity contribution in [3.05, 3.63) is 29.6 Å². The summed E-state index contributed by atoms with van der Waals surface area (Å²) in [6, 6.07) is 3.77. The number of nitrogens with one attached hydrogen (secondary N) is 1. The van der Waals surface area contributed by atoms with Gasteiger partial charge in [0.1, 0.15) is 5.82 Å². The summed E-state index contributed by atoms with van der Waals surface area (Å²) in [5.41, 5.74) is 0.545. The maximum atomic E-state index is 13.0. The molecule has 0 amide bonds. The smallest absolute Gasteiger partial charge is 0.178 e. The van der Waals surface area contributed by atoms with Crippen LogP contribution in [-0.2, 0) is 9.84 Å². The number of hydrogen-bond donors (Lipinski definition) is 1. The molecule has 1 aromatic carbocycles. The number of fused-ring (bicyclic) bond motifs is 1. The van der Waals surface area contributed by atoms with Gasteiger partial charge in [0.15, 0.2) is 9.84 Å². The van der Waals surface area contributed by atoms with E-state index in [1.54, 1.807) is 7.05 Å². The summed E-state index contributed by atoms with van der Waals surface area (Å²) in [5.74, 6) is -0.275. The van der Waals surface area contributed by atoms with Gasteiger partial charge in [0.2, 0.25) is 0 Å². The average molecular weight is 229 g/mol. The molecule has 0 fully saturated rings. The lowest BCUT2D eigenvalue weighted by molar-refractivity contribution is 0.522. The molecule has 1 N–H and O–H groups in total. The van der Waals surface area contributed by atoms with Crippen LogP contribution in [0.1, 0.15) is 18.0 Å². The van der Waals surface area contributed by atoms with E-state index in [1.807, 2.05) is 0 Å². The average Bonchev–Trinajstić information content (AvgIpc) is 2.17. The second-order valence-corrected chi connectivity index (χ2v) is 5.71. The number of halogens is 1. The zero-order valence-corrected chi connectivity index (χ0v) is 9.14. The van der Waals surface area contributed by atoms with Gasteiger partial charge in [-0.2, -0.15) is 0 Å². The third kappa shape index (κ3) is 1.77. The predicted molar refractivity (Wildman–Crippen MR) is 54.9 cm³/mol. The monoisotopic (exact) mass is 229 g/mol. The molecule has 1 aliphatic heterocycles. The molecular formula is C10H12FNO2S. The van der Waals surface area contributed by atoms with Gasteiger partial charge in [0.25, 0.3) is 0 Å². The van der Waals surface area contributed by atoms with Crippen molar-refractivity contribution in [1.29, 1.82) is 0 Å². The van der Waals surface area contributed by atoms with Gasteiger partial charge in [0.05, 0.1) is 10.6 Å². The minimum atomic E-state index is -3.21. The van der Waals surface area contributed by atoms with Crippen LogP contribution in [0.4, 0.5) is 4.39 Å². The maximum Gasteiger partial charge on any atom is 0.178 e. The summed E-state index contributed by atoms with van der Waals surface area (Å²) >= 11 is 0. The molecular weight excluding hydrogens is 217 g/mol. The Morgan fingerprint density at radius 3 is 2.87 bits per heavy atom. The molecule has 0 saturated carbocycles. The van der Waals surface area contributed by atoms with Gasteiger partial charge in [-0.3, -0.25) is 0 Å². The van der Waals surface area contributed by atoms with Gasteiger partial charge in [0, 0.05) is 6.04 Å². The van der Waals surface area contributed by atoms with Crippen molar-refractivity contribution in [2.24, 2.45) is 0 Å². The Morgan fingerprint density at radius 2 is 2.20 bits per heavy atom. The third-order valence-electron chi connectivity index (χ3n) is 2.71. The first kappa shape index (κ1) is 10.6. The molecule has 15 heavy (non-hydrogen) atoms. The first-order chi connectivity index (χ1) is 7.04. The van der Waals surface area contributed by atoms with Crippen LogP contribution >= 0.6 is 0 Å². The molecule has 82 valence electrons. The van der Waals surface area contributed by atoms with Crippen LogP contribution in [0, 0.1) is 5.82 Å². The van der Waals surface area contributed by atoms with Crippen molar-refractivity contribution in [2.75, 3.05) is 12.8 Å². The molecule has 0 aromatic heterocycles. The van der Waals surface area contributed by atoms with Crippen LogP contribution in [0.15, 0.2) is 23.1 Å². The highest BCUT2D eigenvalue weighted by Crippen LogP contribution is 2.32. The third-order valence-corrected chi connectivity index (χ3v) is 4.52. The lowest BCUT2D eigenvalue weighted by Gasteiger charge is -2.24. The van der Waals surface area contributed by atoms with Crippen LogP contribution in [0.25, 0.3) is 0 Å². The van der Waals surface area contributed by atoms with Gasteiger partial charge in [-0.25, -0.2) is 12.8 Å². The molecule has 3 nitrogen and oxygen atoms in total. The SMILES string of the molecule is CNC1CCS(=O)(=O)c2ccc(F)cc21. The van der Waals surface area contributed by atoms with Crippen molar-refractivity contribution in [3.8, 4) is 0 Å². The van der Waals surface area contributed by atoms with Crippen molar-refractivity contribution >= 4 is 9.84 Å². The summed E-state index contributed by atoms with van der Waals surface area (Å²) in [5, 5.41) is 2.99. The van der Waals surface area contributed by atoms with Crippen LogP contribution in [0.5, 0.6) is 0 Å². The molecule has 1 heterocycles. The summed E-state index contributed by atoms with van der Waals surface area (Å²) in [4.78, 5) is 0.259. The van der Waals surface area contributed by atoms with Crippen molar-refractivity contribution in [1.82, 2.24) is 5.32 Å². The van der Waals surface area contributed by atoms with E-state index in [4.69, 9.17) is 0 Å². The van der Waals surface area contributed by atoms with Gasteiger partial charge in [-0.1, -0.05) is 0 Å². The zero-order valence-electron chi connectivity index (χ0n) is 8.33.